The fourth-order valence-corrected chi connectivity index (χ4v) is 5.04. The Bertz CT molecular complexity index is 1730. The number of nitrogens with two attached hydrogens (primary N) is 3. The lowest BCUT2D eigenvalue weighted by Crippen LogP contribution is -2.86. The van der Waals surface area contributed by atoms with Gasteiger partial charge in [0, 0.05) is 29.8 Å². The lowest BCUT2D eigenvalue weighted by molar-refractivity contribution is -0.664. The van der Waals surface area contributed by atoms with Gasteiger partial charge in [0.1, 0.15) is 29.3 Å². The molecule has 13 nitrogen and oxygen atoms in total. The summed E-state index contributed by atoms with van der Waals surface area (Å²) in [5, 5.41) is 20.7. The van der Waals surface area contributed by atoms with Gasteiger partial charge in [0.15, 0.2) is 5.65 Å². The predicted molar refractivity (Wildman–Crippen MR) is 160 cm³/mol. The van der Waals surface area contributed by atoms with Crippen molar-refractivity contribution in [3.63, 3.8) is 0 Å². The number of benzene rings is 2. The first-order chi connectivity index (χ1) is 19.8. The molecule has 1 saturated heterocycles. The fourth-order valence-electron chi connectivity index (χ4n) is 5.04. The highest BCUT2D eigenvalue weighted by molar-refractivity contribution is 6.08. The molecule has 6 rings (SSSR count). The van der Waals surface area contributed by atoms with E-state index in [4.69, 9.17) is 31.2 Å². The van der Waals surface area contributed by atoms with E-state index in [0.29, 0.717) is 39.7 Å². The van der Waals surface area contributed by atoms with Crippen molar-refractivity contribution in [1.82, 2.24) is 24.7 Å². The minimum Gasteiger partial charge on any atom is -0.550 e. The van der Waals surface area contributed by atoms with E-state index in [-0.39, 0.29) is 19.4 Å². The third-order valence-corrected chi connectivity index (χ3v) is 6.93. The Morgan fingerprint density at radius 1 is 1.14 bits per heavy atom. The number of aliphatic carboxylic acids is 1. The second-order valence-electron chi connectivity index (χ2n) is 9.70. The minimum absolute atomic E-state index is 0. The first-order valence-electron chi connectivity index (χ1n) is 13.1. The number of nitrogens with one attached hydrogen (secondary N) is 2. The number of carboxylic acids is 1. The molecule has 0 atom stereocenters. The zero-order chi connectivity index (χ0) is 29.1. The molecule has 1 amide bonds. The Morgan fingerprint density at radius 3 is 2.57 bits per heavy atom. The molecular formula is C29H35N9O4. The van der Waals surface area contributed by atoms with Crippen LogP contribution in [0.2, 0.25) is 0 Å². The highest BCUT2D eigenvalue weighted by Gasteiger charge is 2.25. The van der Waals surface area contributed by atoms with Crippen LogP contribution in [0.5, 0.6) is 5.75 Å². The number of aromatic nitrogens is 5. The van der Waals surface area contributed by atoms with E-state index >= 15 is 0 Å². The average molecular weight is 574 g/mol. The Balaban J connectivity index is 0.000000763. The number of nitrogens with zero attached hydrogens (tertiary/aromatic N) is 4. The van der Waals surface area contributed by atoms with Crippen molar-refractivity contribution < 1.29 is 24.7 Å². The number of para-hydroxylation sites is 1. The molecule has 2 aromatic carbocycles. The van der Waals surface area contributed by atoms with Gasteiger partial charge in [-0.05, 0) is 31.2 Å². The summed E-state index contributed by atoms with van der Waals surface area (Å²) in [5.41, 5.74) is 16.8. The summed E-state index contributed by atoms with van der Waals surface area (Å²) in [5.74, 6) is -0.516. The van der Waals surface area contributed by atoms with Crippen LogP contribution < -0.4 is 31.9 Å². The fraction of sp³-hybridized carbons (Fsp3) is 0.276. The molecule has 0 bridgehead atoms. The number of amides is 1. The second kappa shape index (κ2) is 12.6. The molecule has 220 valence electrons. The van der Waals surface area contributed by atoms with E-state index in [9.17, 15) is 4.79 Å². The van der Waals surface area contributed by atoms with E-state index < -0.39 is 5.97 Å². The molecule has 8 N–H and O–H groups in total. The van der Waals surface area contributed by atoms with Gasteiger partial charge in [-0.25, -0.2) is 14.6 Å². The van der Waals surface area contributed by atoms with Crippen LogP contribution in [0.1, 0.15) is 43.7 Å². The molecule has 1 fully saturated rings. The molecule has 4 heterocycles. The summed E-state index contributed by atoms with van der Waals surface area (Å²) in [7, 11) is 1.56. The summed E-state index contributed by atoms with van der Waals surface area (Å²) in [6, 6.07) is 13.1. The summed E-state index contributed by atoms with van der Waals surface area (Å²) < 4.78 is 7.63. The maximum Gasteiger partial charge on any atom is 0.272 e. The number of methoxy groups -OCH3 is 1. The van der Waals surface area contributed by atoms with Crippen molar-refractivity contribution in [3.05, 3.63) is 54.5 Å². The molecule has 1 aliphatic heterocycles. The van der Waals surface area contributed by atoms with Crippen molar-refractivity contribution in [2.45, 2.75) is 33.2 Å². The van der Waals surface area contributed by atoms with Gasteiger partial charge in [-0.2, -0.15) is 5.10 Å². The van der Waals surface area contributed by atoms with Crippen LogP contribution in [-0.2, 0) is 4.79 Å². The quantitative estimate of drug-likeness (QED) is 0.194. The standard InChI is InChI=1S/C26H27N9O2.C2H4O2.CH4/c1-37-20-12-15(5-6-18(20)33-26(36)19-11-14-3-2-4-17(27)22(14)32-19)23-21-24(28)30-13-31-25(21)35(34-23)16-7-9-29-10-8-16;1-2(3)4;/h2-6,11-13,16,29,32H,7-10,27H2,1H3,(H,33,36)(H2,28,30,31);1H3,(H,3,4);1H4. The molecule has 13 heteroatoms. The molecule has 0 aliphatic carbocycles. The van der Waals surface area contributed by atoms with Crippen LogP contribution in [0.3, 0.4) is 0 Å². The zero-order valence-electron chi connectivity index (χ0n) is 22.7. The van der Waals surface area contributed by atoms with Gasteiger partial charge in [-0.1, -0.05) is 25.6 Å². The van der Waals surface area contributed by atoms with Crippen molar-refractivity contribution in [2.75, 3.05) is 37.0 Å². The molecule has 0 saturated carbocycles. The van der Waals surface area contributed by atoms with Crippen molar-refractivity contribution in [3.8, 4) is 17.0 Å². The number of carbonyl (C=O) groups is 2. The number of hydrogen-bond acceptors (Lipinski definition) is 9. The topological polar surface area (TPSA) is 206 Å². The Kier molecular flexibility index (Phi) is 8.91. The van der Waals surface area contributed by atoms with E-state index in [2.05, 4.69) is 25.6 Å². The second-order valence-corrected chi connectivity index (χ2v) is 9.70. The Labute approximate surface area is 242 Å². The summed E-state index contributed by atoms with van der Waals surface area (Å²) >= 11 is 0. The Hall–Kier alpha value is -5.17. The molecule has 1 aliphatic rings. The highest BCUT2D eigenvalue weighted by Crippen LogP contribution is 2.37. The maximum absolute atomic E-state index is 13.0. The number of piperidine rings is 1. The van der Waals surface area contributed by atoms with Gasteiger partial charge in [-0.3, -0.25) is 4.79 Å². The van der Waals surface area contributed by atoms with Gasteiger partial charge in [0.05, 0.1) is 48.5 Å². The van der Waals surface area contributed by atoms with Gasteiger partial charge in [-0.15, -0.1) is 0 Å². The van der Waals surface area contributed by atoms with Gasteiger partial charge >= 0.3 is 0 Å². The summed E-state index contributed by atoms with van der Waals surface area (Å²) in [6.07, 6.45) is 3.49. The van der Waals surface area contributed by atoms with E-state index in [0.717, 1.165) is 55.0 Å². The molecular weight excluding hydrogens is 538 g/mol. The first kappa shape index (κ1) is 29.8. The third kappa shape index (κ3) is 5.95. The van der Waals surface area contributed by atoms with Gasteiger partial charge < -0.3 is 41.7 Å². The number of anilines is 3. The van der Waals surface area contributed by atoms with Crippen LogP contribution in [0, 0.1) is 0 Å². The number of carbonyl (C=O) groups excluding carboxylic acids is 2. The number of nitrogen functional groups attached to an aromatic ring is 2. The number of quaternary nitrogens is 1. The van der Waals surface area contributed by atoms with E-state index in [1.807, 2.05) is 28.9 Å². The SMILES string of the molecule is C.CC(=O)[O-].COc1cc(-c2nn(C3CC[NH2+]CC3)c3ncnc(N)c23)ccc1NC(=O)c1cc2cccc(N)c2[nH]1. The number of ether oxygens (including phenoxy) is 1. The van der Waals surface area contributed by atoms with E-state index in [1.54, 1.807) is 25.3 Å². The first-order valence-corrected chi connectivity index (χ1v) is 13.1. The monoisotopic (exact) mass is 573 g/mol. The van der Waals surface area contributed by atoms with Gasteiger partial charge in [0.25, 0.3) is 5.91 Å². The zero-order valence-corrected chi connectivity index (χ0v) is 22.7. The average Bonchev–Trinajstić information content (AvgIpc) is 3.58. The van der Waals surface area contributed by atoms with Crippen molar-refractivity contribution >= 4 is 51.0 Å². The van der Waals surface area contributed by atoms with Crippen LogP contribution in [0.25, 0.3) is 33.2 Å². The van der Waals surface area contributed by atoms with Crippen LogP contribution in [0.15, 0.2) is 48.8 Å². The molecule has 0 radical (unpaired) electrons. The smallest absolute Gasteiger partial charge is 0.272 e. The van der Waals surface area contributed by atoms with E-state index in [1.165, 1.54) is 6.33 Å². The number of hydrogen-bond donors (Lipinski definition) is 5. The number of aromatic amines is 1. The Morgan fingerprint density at radius 2 is 1.88 bits per heavy atom. The molecule has 0 unspecified atom stereocenters. The third-order valence-electron chi connectivity index (χ3n) is 6.93. The molecule has 3 aromatic heterocycles. The maximum atomic E-state index is 13.0. The molecule has 0 spiro atoms. The highest BCUT2D eigenvalue weighted by atomic mass is 16.5. The number of fused-ring (bicyclic) bond motifs is 2. The largest absolute Gasteiger partial charge is 0.550 e. The van der Waals surface area contributed by atoms with Crippen LogP contribution in [-0.4, -0.2) is 56.8 Å². The lowest BCUT2D eigenvalue weighted by Gasteiger charge is -2.21. The normalized spacial score (nSPS) is 13.2. The van der Waals surface area contributed by atoms with Crippen molar-refractivity contribution in [2.24, 2.45) is 0 Å². The molecule has 5 aromatic rings. The predicted octanol–water partition coefficient (Wildman–Crippen LogP) is 1.69. The minimum atomic E-state index is -1.08. The van der Waals surface area contributed by atoms with Crippen LogP contribution >= 0.6 is 0 Å². The summed E-state index contributed by atoms with van der Waals surface area (Å²) in [4.78, 5) is 33.7. The number of rotatable bonds is 5. The van der Waals surface area contributed by atoms with Crippen LogP contribution in [0.4, 0.5) is 17.2 Å². The number of H-pyrrole nitrogens is 1. The molecule has 42 heavy (non-hydrogen) atoms. The van der Waals surface area contributed by atoms with Gasteiger partial charge in [0.2, 0.25) is 0 Å². The van der Waals surface area contributed by atoms with Crippen molar-refractivity contribution in [1.29, 1.82) is 0 Å². The lowest BCUT2D eigenvalue weighted by atomic mass is 10.1. The number of carboxylic acid groups (broad SMARTS) is 1. The summed E-state index contributed by atoms with van der Waals surface area (Å²) in [6.45, 7) is 3.07.